The van der Waals surface area contributed by atoms with E-state index in [2.05, 4.69) is 0 Å². The molecule has 0 N–H and O–H groups in total. The largest absolute Gasteiger partial charge is 0.456 e. The van der Waals surface area contributed by atoms with Gasteiger partial charge in [-0.1, -0.05) is 290 Å². The molecule has 0 aliphatic carbocycles. The average molecular weight is 1230 g/mol. The zero-order valence-electron chi connectivity index (χ0n) is 102. The van der Waals surface area contributed by atoms with Crippen molar-refractivity contribution in [2.24, 2.45) is 0 Å². The third-order valence-electron chi connectivity index (χ3n) is 14.8. The van der Waals surface area contributed by atoms with Crippen LogP contribution in [0.2, 0.25) is 0 Å². The van der Waals surface area contributed by atoms with E-state index in [9.17, 15) is 27.4 Å². The highest BCUT2D eigenvalue weighted by molar-refractivity contribution is 6.26. The van der Waals surface area contributed by atoms with Crippen LogP contribution in [0.5, 0.6) is 0 Å². The summed E-state index contributed by atoms with van der Waals surface area (Å²) in [5, 5.41) is -10.9. The molecule has 17 aromatic carbocycles. The van der Waals surface area contributed by atoms with Crippen molar-refractivity contribution in [3.63, 3.8) is 0 Å². The lowest BCUT2D eigenvalue weighted by atomic mass is 9.83. The minimum Gasteiger partial charge on any atom is -0.456 e. The Morgan fingerprint density at radius 1 is 0.163 bits per heavy atom. The van der Waals surface area contributed by atoms with E-state index in [1.807, 2.05) is 0 Å². The topological polar surface area (TPSA) is 26.3 Å². The molecule has 2 heterocycles. The quantitative estimate of drug-likeness (QED) is 0.149. The predicted molar refractivity (Wildman–Crippen MR) is 391 cm³/mol. The molecule has 0 aliphatic heterocycles. The third kappa shape index (κ3) is 8.79. The first-order valence-corrected chi connectivity index (χ1v) is 27.1. The van der Waals surface area contributed by atoms with Gasteiger partial charge in [0.05, 0.1) is 76.8 Å². The van der Waals surface area contributed by atoms with Crippen molar-refractivity contribution in [1.82, 2.24) is 0 Å². The highest BCUT2D eigenvalue weighted by Gasteiger charge is 2.22. The van der Waals surface area contributed by atoms with Gasteiger partial charge in [-0.05, 0) is 191 Å². The van der Waals surface area contributed by atoms with Gasteiger partial charge in [0.15, 0.2) is 0 Å². The Labute approximate surface area is 610 Å². The lowest BCUT2D eigenvalue weighted by Gasteiger charge is -2.20. The van der Waals surface area contributed by atoms with Gasteiger partial charge < -0.3 is 8.83 Å². The molecule has 0 amide bonds. The fraction of sp³-hybridized carbons (Fsp3) is 0. The monoisotopic (exact) mass is 1220 g/mol. The van der Waals surface area contributed by atoms with Crippen LogP contribution in [0.25, 0.3) is 186 Å². The van der Waals surface area contributed by atoms with Crippen LogP contribution >= 0.6 is 0 Å². The number of furan rings is 2. The van der Waals surface area contributed by atoms with E-state index in [1.54, 1.807) is 0 Å². The molecular weight excluding hydrogens is 1110 g/mol. The average Bonchev–Trinajstić information content (AvgIpc) is 0.913. The van der Waals surface area contributed by atoms with Gasteiger partial charge in [0.2, 0.25) is 0 Å². The Hall–Kier alpha value is -12.1. The normalized spacial score (nSPS) is 20.2. The first kappa shape index (κ1) is 21.3. The summed E-state index contributed by atoms with van der Waals surface area (Å²) in [6.45, 7) is 0. The van der Waals surface area contributed by atoms with Crippen LogP contribution in [0, 0.1) is 0 Å². The van der Waals surface area contributed by atoms with Gasteiger partial charge >= 0.3 is 0 Å². The molecule has 0 saturated carbocycles. The molecule has 0 unspecified atom stereocenters. The second-order valence-electron chi connectivity index (χ2n) is 19.8. The minimum absolute atomic E-state index is 0.441. The molecule has 2 nitrogen and oxygen atoms in total. The highest BCUT2D eigenvalue weighted by atomic mass is 16.3. The molecule has 92 heavy (non-hydrogen) atoms. The molecule has 0 saturated heterocycles. The molecule has 428 valence electrons. The smallest absolute Gasteiger partial charge is 0.135 e. The van der Waals surface area contributed by atoms with Crippen molar-refractivity contribution in [1.29, 1.82) is 0 Å². The van der Waals surface area contributed by atoms with Crippen molar-refractivity contribution in [3.8, 4) is 77.9 Å². The SMILES string of the molecule is [2H]c1c([2H])c([2H])c(-c2c([2H])c([2H])c(-c3c4c([2H])c([2H])c([2H])c([2H])c4c(-c4c([2H])c([2H])c5oc6c([2H])c([2H])c([2H])c([2H])c6c5c4[2H])c4c([2H])c([2H])c([2H])c([2H])c34)c([2H])c2-c2c([2H])c([2H])c([2H])c([2H])c2[2H])c([2H])c1[2H].[2H]c1c([2H])c([2H])c2c(oc3c([2H])c([2H])c(-c4c5c([2H])c([2H])c([2H])c([2H])c5c(-c5c([2H])c([2H])c(-c6c([2H])c([2H])c7c([2H])c([2H])c([2H])c([2H])c7c6[2H])c6c([2H])c([2H])c([2H])c([2H])c56)c5c([2H])c([2H])c([2H])c([2H])c45)c([2H])c32)c1[2H]. The third-order valence-corrected chi connectivity index (χ3v) is 14.8. The summed E-state index contributed by atoms with van der Waals surface area (Å²) in [7, 11) is 0. The summed E-state index contributed by atoms with van der Waals surface area (Å²) in [4.78, 5) is 0. The Morgan fingerprint density at radius 3 is 0.978 bits per heavy atom. The maximum Gasteiger partial charge on any atom is 0.135 e. The molecular formula is C90H56O2. The number of fused-ring (bicyclic) bond motifs is 12. The summed E-state index contributed by atoms with van der Waals surface area (Å²) in [6.07, 6.45) is 0. The lowest BCUT2D eigenvalue weighted by molar-refractivity contribution is 0.668. The molecule has 2 aromatic heterocycles. The van der Waals surface area contributed by atoms with Crippen molar-refractivity contribution in [3.05, 3.63) is 338 Å². The van der Waals surface area contributed by atoms with Gasteiger partial charge in [-0.2, -0.15) is 0 Å². The van der Waals surface area contributed by atoms with Crippen LogP contribution in [0.4, 0.5) is 0 Å². The van der Waals surface area contributed by atoms with Crippen LogP contribution < -0.4 is 0 Å². The van der Waals surface area contributed by atoms with Gasteiger partial charge in [0.1, 0.15) is 22.3 Å². The Kier molecular flexibility index (Phi) is 5.06. The molecule has 2 heteroatoms. The maximum absolute atomic E-state index is 10.0. The van der Waals surface area contributed by atoms with E-state index in [0.717, 1.165) is 0 Å². The molecule has 0 radical (unpaired) electrons. The van der Waals surface area contributed by atoms with E-state index >= 15 is 0 Å². The number of benzene rings is 17. The van der Waals surface area contributed by atoms with Crippen LogP contribution in [0.15, 0.2) is 347 Å². The van der Waals surface area contributed by atoms with Crippen molar-refractivity contribution >= 4 is 109 Å². The van der Waals surface area contributed by atoms with E-state index in [4.69, 9.17) is 58.2 Å². The summed E-state index contributed by atoms with van der Waals surface area (Å²) < 4.78 is 516. The van der Waals surface area contributed by atoms with Gasteiger partial charge in [0.25, 0.3) is 0 Å². The van der Waals surface area contributed by atoms with Gasteiger partial charge in [0, 0.05) is 21.5 Å². The summed E-state index contributed by atoms with van der Waals surface area (Å²) in [6, 6.07) is -53.8. The first-order valence-electron chi connectivity index (χ1n) is 55.1. The van der Waals surface area contributed by atoms with E-state index in [1.165, 1.54) is 0 Å². The maximum atomic E-state index is 10.0. The highest BCUT2D eigenvalue weighted by Crippen LogP contribution is 2.50. The predicted octanol–water partition coefficient (Wildman–Crippen LogP) is 25.8. The summed E-state index contributed by atoms with van der Waals surface area (Å²) in [5.74, 6) is 0. The number of hydrogen-bond donors (Lipinski definition) is 0. The van der Waals surface area contributed by atoms with E-state index in [0.29, 0.717) is 0 Å². The first-order chi connectivity index (χ1) is 69.0. The van der Waals surface area contributed by atoms with Crippen LogP contribution in [-0.4, -0.2) is 0 Å². The fourth-order valence-corrected chi connectivity index (χ4v) is 11.0. The van der Waals surface area contributed by atoms with E-state index < -0.39 is 525 Å². The molecule has 0 aliphatic rings. The molecule has 0 fully saturated rings. The zero-order chi connectivity index (χ0) is 109. The summed E-state index contributed by atoms with van der Waals surface area (Å²) in [5.41, 5.74) is -13.9. The van der Waals surface area contributed by atoms with E-state index in [-0.39, 0.29) is 0 Å². The van der Waals surface area contributed by atoms with Gasteiger partial charge in [-0.3, -0.25) is 0 Å². The fourth-order valence-electron chi connectivity index (χ4n) is 11.0. The minimum atomic E-state index is -1.17. The number of para-hydroxylation sites is 2. The number of rotatable bonds is 7. The van der Waals surface area contributed by atoms with Crippen LogP contribution in [-0.2, 0) is 0 Å². The van der Waals surface area contributed by atoms with Crippen LogP contribution in [0.1, 0.15) is 76.8 Å². The lowest BCUT2D eigenvalue weighted by Crippen LogP contribution is -1.92. The standard InChI is InChI=1S/C46H28O.C44H28O/c1-2-12-30-27-31(22-21-29(30)11-1)33-24-25-41(35-14-4-3-13-34(33)35)46-39-18-7-5-16-37(39)45(38-17-6-8-19-40(38)46)32-23-26-44-42(28-32)36-15-9-10-20-43(36)47-44;1-3-13-29(14-4-1)33-25-23-31(27-39(33)30-15-5-2-6-16-30)43-35-18-7-9-20-37(35)44(38-21-10-8-19-36(38)43)32-24-26-42-40(28-32)34-17-11-12-22-41(34)45-42/h1-28H;1-28H/i2*1D,2D,3D,4D,5D,6D,7D,8D,9D,10D,11D,12D,13D,14D,15D,16D,17D,18D,19D,20D,21D,22D,23D,24D,25D,26D,27D,28D. The number of hydrogen-bond acceptors (Lipinski definition) is 2. The molecule has 19 rings (SSSR count). The van der Waals surface area contributed by atoms with Crippen molar-refractivity contribution < 1.29 is 85.6 Å². The Morgan fingerprint density at radius 2 is 0.489 bits per heavy atom. The van der Waals surface area contributed by atoms with Crippen molar-refractivity contribution in [2.45, 2.75) is 0 Å². The molecule has 0 atom stereocenters. The second-order valence-corrected chi connectivity index (χ2v) is 19.8. The Balaban J connectivity index is 0.000000194. The second kappa shape index (κ2) is 21.9. The van der Waals surface area contributed by atoms with Gasteiger partial charge in [-0.15, -0.1) is 0 Å². The Bertz CT molecular complexity index is 9430. The summed E-state index contributed by atoms with van der Waals surface area (Å²) >= 11 is 0. The van der Waals surface area contributed by atoms with Gasteiger partial charge in [-0.25, -0.2) is 0 Å². The molecule has 0 bridgehead atoms. The zero-order valence-corrected chi connectivity index (χ0v) is 45.8. The molecule has 0 spiro atoms. The molecule has 19 aromatic rings. The van der Waals surface area contributed by atoms with Crippen LogP contribution in [0.3, 0.4) is 0 Å². The van der Waals surface area contributed by atoms with Crippen molar-refractivity contribution in [2.75, 3.05) is 0 Å².